The zero-order valence-electron chi connectivity index (χ0n) is 11.3. The van der Waals surface area contributed by atoms with Crippen molar-refractivity contribution in [2.75, 3.05) is 6.54 Å². The van der Waals surface area contributed by atoms with Crippen LogP contribution in [0.2, 0.25) is 0 Å². The van der Waals surface area contributed by atoms with E-state index in [0.717, 1.165) is 30.4 Å². The number of amides is 1. The highest BCUT2D eigenvalue weighted by Gasteiger charge is 2.27. The van der Waals surface area contributed by atoms with Crippen LogP contribution in [-0.2, 0) is 4.79 Å². The van der Waals surface area contributed by atoms with Crippen molar-refractivity contribution in [1.82, 2.24) is 5.32 Å². The highest BCUT2D eigenvalue weighted by Crippen LogP contribution is 2.24. The van der Waals surface area contributed by atoms with Crippen LogP contribution in [0.3, 0.4) is 0 Å². The van der Waals surface area contributed by atoms with Gasteiger partial charge in [0.15, 0.2) is 0 Å². The van der Waals surface area contributed by atoms with Crippen molar-refractivity contribution in [2.24, 2.45) is 11.7 Å². The summed E-state index contributed by atoms with van der Waals surface area (Å²) in [4.78, 5) is 11.9. The maximum Gasteiger partial charge on any atom is 0.223 e. The predicted octanol–water partition coefficient (Wildman–Crippen LogP) is 1.27. The molecule has 1 amide bonds. The Morgan fingerprint density at radius 3 is 2.84 bits per heavy atom. The number of nitrogens with two attached hydrogens (primary N) is 1. The van der Waals surface area contributed by atoms with Crippen LogP contribution in [-0.4, -0.2) is 23.6 Å². The lowest BCUT2D eigenvalue weighted by Gasteiger charge is -2.16. The molecule has 1 aromatic rings. The van der Waals surface area contributed by atoms with E-state index in [4.69, 9.17) is 5.73 Å². The zero-order valence-corrected chi connectivity index (χ0v) is 11.3. The van der Waals surface area contributed by atoms with Gasteiger partial charge < -0.3 is 16.2 Å². The summed E-state index contributed by atoms with van der Waals surface area (Å²) in [5.74, 6) is 0.0275. The van der Waals surface area contributed by atoms with E-state index in [1.807, 2.05) is 31.2 Å². The first-order valence-electron chi connectivity index (χ1n) is 6.85. The number of aliphatic hydroxyl groups excluding tert-OH is 1. The molecular formula is C15H22N2O2. The van der Waals surface area contributed by atoms with E-state index in [1.54, 1.807) is 0 Å². The van der Waals surface area contributed by atoms with Gasteiger partial charge in [0.1, 0.15) is 0 Å². The van der Waals surface area contributed by atoms with Gasteiger partial charge in [-0.25, -0.2) is 0 Å². The number of nitrogens with one attached hydrogen (secondary N) is 1. The number of rotatable bonds is 4. The normalized spacial score (nSPS) is 24.2. The lowest BCUT2D eigenvalue weighted by atomic mass is 10.0. The van der Waals surface area contributed by atoms with Crippen molar-refractivity contribution in [2.45, 2.75) is 38.3 Å². The van der Waals surface area contributed by atoms with Crippen LogP contribution in [0.15, 0.2) is 24.3 Å². The molecule has 2 rings (SSSR count). The van der Waals surface area contributed by atoms with Crippen LogP contribution < -0.4 is 11.1 Å². The van der Waals surface area contributed by atoms with Gasteiger partial charge in [-0.3, -0.25) is 4.79 Å². The SMILES string of the molecule is Cc1ccccc1[C@H](O)CNC(=O)[C@H]1CC[C@@H](N)C1. The van der Waals surface area contributed by atoms with Crippen LogP contribution in [0, 0.1) is 12.8 Å². The molecule has 1 aliphatic rings. The van der Waals surface area contributed by atoms with E-state index in [0.29, 0.717) is 0 Å². The number of aliphatic hydroxyl groups is 1. The average molecular weight is 262 g/mol. The van der Waals surface area contributed by atoms with E-state index in [2.05, 4.69) is 5.32 Å². The van der Waals surface area contributed by atoms with Crippen molar-refractivity contribution >= 4 is 5.91 Å². The van der Waals surface area contributed by atoms with Gasteiger partial charge in [0.25, 0.3) is 0 Å². The third-order valence-corrected chi connectivity index (χ3v) is 3.86. The first-order chi connectivity index (χ1) is 9.08. The molecule has 0 unspecified atom stereocenters. The molecule has 4 N–H and O–H groups in total. The second-order valence-corrected chi connectivity index (χ2v) is 5.39. The van der Waals surface area contributed by atoms with Gasteiger partial charge in [-0.15, -0.1) is 0 Å². The van der Waals surface area contributed by atoms with E-state index in [9.17, 15) is 9.90 Å². The lowest BCUT2D eigenvalue weighted by molar-refractivity contribution is -0.125. The minimum absolute atomic E-state index is 0.0130. The topological polar surface area (TPSA) is 75.3 Å². The zero-order chi connectivity index (χ0) is 13.8. The first kappa shape index (κ1) is 14.0. The molecule has 4 heteroatoms. The maximum absolute atomic E-state index is 11.9. The quantitative estimate of drug-likeness (QED) is 0.765. The van der Waals surface area contributed by atoms with Gasteiger partial charge >= 0.3 is 0 Å². The lowest BCUT2D eigenvalue weighted by Crippen LogP contribution is -2.33. The molecule has 0 bridgehead atoms. The Morgan fingerprint density at radius 2 is 2.21 bits per heavy atom. The van der Waals surface area contributed by atoms with Crippen molar-refractivity contribution in [3.8, 4) is 0 Å². The van der Waals surface area contributed by atoms with Gasteiger partial charge in [-0.05, 0) is 37.3 Å². The Bertz CT molecular complexity index is 448. The van der Waals surface area contributed by atoms with Gasteiger partial charge in [0.2, 0.25) is 5.91 Å². The fourth-order valence-electron chi connectivity index (χ4n) is 2.67. The number of carbonyl (C=O) groups is 1. The number of hydrogen-bond donors (Lipinski definition) is 3. The van der Waals surface area contributed by atoms with Crippen LogP contribution in [0.25, 0.3) is 0 Å². The molecule has 3 atom stereocenters. The molecular weight excluding hydrogens is 240 g/mol. The summed E-state index contributed by atoms with van der Waals surface area (Å²) in [5.41, 5.74) is 7.70. The monoisotopic (exact) mass is 262 g/mol. The fourth-order valence-corrected chi connectivity index (χ4v) is 2.67. The molecule has 19 heavy (non-hydrogen) atoms. The average Bonchev–Trinajstić information content (AvgIpc) is 2.83. The summed E-state index contributed by atoms with van der Waals surface area (Å²) in [6.07, 6.45) is 1.87. The van der Waals surface area contributed by atoms with Crippen molar-refractivity contribution in [1.29, 1.82) is 0 Å². The van der Waals surface area contributed by atoms with E-state index in [1.165, 1.54) is 0 Å². The molecule has 0 radical (unpaired) electrons. The second kappa shape index (κ2) is 6.17. The van der Waals surface area contributed by atoms with Crippen molar-refractivity contribution in [3.63, 3.8) is 0 Å². The van der Waals surface area contributed by atoms with Gasteiger partial charge in [0, 0.05) is 18.5 Å². The highest BCUT2D eigenvalue weighted by molar-refractivity contribution is 5.79. The van der Waals surface area contributed by atoms with Gasteiger partial charge in [-0.2, -0.15) is 0 Å². The largest absolute Gasteiger partial charge is 0.387 e. The third kappa shape index (κ3) is 3.55. The summed E-state index contributed by atoms with van der Waals surface area (Å²) in [5, 5.41) is 12.9. The summed E-state index contributed by atoms with van der Waals surface area (Å²) in [7, 11) is 0. The Morgan fingerprint density at radius 1 is 1.47 bits per heavy atom. The summed E-state index contributed by atoms with van der Waals surface area (Å²) in [6.45, 7) is 2.21. The van der Waals surface area contributed by atoms with Crippen molar-refractivity contribution in [3.05, 3.63) is 35.4 Å². The van der Waals surface area contributed by atoms with Crippen LogP contribution in [0.5, 0.6) is 0 Å². The molecule has 0 heterocycles. The number of benzene rings is 1. The highest BCUT2D eigenvalue weighted by atomic mass is 16.3. The molecule has 0 aromatic heterocycles. The predicted molar refractivity (Wildman–Crippen MR) is 74.5 cm³/mol. The summed E-state index contributed by atoms with van der Waals surface area (Å²) < 4.78 is 0. The number of hydrogen-bond acceptors (Lipinski definition) is 3. The smallest absolute Gasteiger partial charge is 0.223 e. The Kier molecular flexibility index (Phi) is 4.56. The molecule has 1 saturated carbocycles. The molecule has 0 spiro atoms. The minimum Gasteiger partial charge on any atom is -0.387 e. The molecule has 0 aliphatic heterocycles. The molecule has 1 aliphatic carbocycles. The first-order valence-corrected chi connectivity index (χ1v) is 6.85. The number of carbonyl (C=O) groups excluding carboxylic acids is 1. The second-order valence-electron chi connectivity index (χ2n) is 5.39. The van der Waals surface area contributed by atoms with Gasteiger partial charge in [-0.1, -0.05) is 24.3 Å². The van der Waals surface area contributed by atoms with Crippen LogP contribution in [0.1, 0.15) is 36.5 Å². The molecule has 4 nitrogen and oxygen atoms in total. The summed E-state index contributed by atoms with van der Waals surface area (Å²) in [6, 6.07) is 7.82. The molecule has 104 valence electrons. The van der Waals surface area contributed by atoms with Gasteiger partial charge in [0.05, 0.1) is 6.10 Å². The Hall–Kier alpha value is -1.39. The Labute approximate surface area is 114 Å². The fraction of sp³-hybridized carbons (Fsp3) is 0.533. The molecule has 1 fully saturated rings. The molecule has 0 saturated heterocycles. The van der Waals surface area contributed by atoms with Crippen LogP contribution in [0.4, 0.5) is 0 Å². The Balaban J connectivity index is 1.85. The minimum atomic E-state index is -0.653. The van der Waals surface area contributed by atoms with E-state index in [-0.39, 0.29) is 24.4 Å². The third-order valence-electron chi connectivity index (χ3n) is 3.86. The number of aryl methyl sites for hydroxylation is 1. The maximum atomic E-state index is 11.9. The standard InChI is InChI=1S/C15H22N2O2/c1-10-4-2-3-5-13(10)14(18)9-17-15(19)11-6-7-12(16)8-11/h2-5,11-12,14,18H,6-9,16H2,1H3,(H,17,19)/t11-,12+,14+/m0/s1. The summed E-state index contributed by atoms with van der Waals surface area (Å²) >= 11 is 0. The van der Waals surface area contributed by atoms with E-state index < -0.39 is 6.10 Å². The van der Waals surface area contributed by atoms with Crippen LogP contribution >= 0.6 is 0 Å². The molecule has 1 aromatic carbocycles. The van der Waals surface area contributed by atoms with E-state index >= 15 is 0 Å². The van der Waals surface area contributed by atoms with Crippen molar-refractivity contribution < 1.29 is 9.90 Å².